The van der Waals surface area contributed by atoms with Gasteiger partial charge in [0.05, 0.1) is 25.4 Å². The molecule has 0 saturated carbocycles. The maximum Gasteiger partial charge on any atom is 0.270 e. The number of benzene rings is 2. The highest BCUT2D eigenvalue weighted by Crippen LogP contribution is 2.39. The topological polar surface area (TPSA) is 70.7 Å². The Morgan fingerprint density at radius 1 is 1.03 bits per heavy atom. The van der Waals surface area contributed by atoms with Crippen molar-refractivity contribution in [3.8, 4) is 22.6 Å². The minimum Gasteiger partial charge on any atom is -0.496 e. The van der Waals surface area contributed by atoms with Crippen molar-refractivity contribution < 1.29 is 20.1 Å². The summed E-state index contributed by atoms with van der Waals surface area (Å²) < 4.78 is 26.7. The third kappa shape index (κ3) is 4.48. The number of carbonyl (C=O) groups excluding carboxylic acids is 1. The van der Waals surface area contributed by atoms with E-state index in [0.29, 0.717) is 54.1 Å². The molecule has 1 aliphatic heterocycles. The number of ether oxygens (including phenoxy) is 2. The Hall–Kier alpha value is -4.07. The molecule has 0 atom stereocenters. The van der Waals surface area contributed by atoms with E-state index in [-0.39, 0.29) is 19.1 Å². The Balaban J connectivity index is 0.00000336. The molecule has 1 amide bonds. The van der Waals surface area contributed by atoms with E-state index in [2.05, 4.69) is 14.9 Å². The Bertz CT molecular complexity index is 1450. The van der Waals surface area contributed by atoms with Crippen LogP contribution in [0.5, 0.6) is 11.5 Å². The summed E-state index contributed by atoms with van der Waals surface area (Å²) in [5.41, 5.74) is 3.80. The number of carbonyl (C=O) groups is 1. The highest BCUT2D eigenvalue weighted by Gasteiger charge is 2.27. The van der Waals surface area contributed by atoms with Gasteiger partial charge in [0.2, 0.25) is 0 Å². The first-order chi connectivity index (χ1) is 17.9. The van der Waals surface area contributed by atoms with E-state index in [1.807, 2.05) is 49.1 Å². The standard InChI is InChI=1S/C29H31FN4O3.H2/c1-18(2)19-15-20(22-17-31-10-9-25(22)36-3)21-16-23(32-28(21)27(19)30)29(35)34-13-11-33(12-14-34)24-7-5-6-8-26(24)37-4;/h5-10,15-18,32H,11-14H2,1-4H3;1H. The molecule has 1 N–H and O–H groups in total. The number of para-hydroxylation sites is 2. The molecular formula is C29H33FN4O3. The Morgan fingerprint density at radius 3 is 2.46 bits per heavy atom. The molecule has 1 fully saturated rings. The highest BCUT2D eigenvalue weighted by molar-refractivity contribution is 6.04. The number of halogens is 1. The molecule has 0 bridgehead atoms. The molecule has 5 rings (SSSR count). The molecule has 3 heterocycles. The zero-order valence-electron chi connectivity index (χ0n) is 21.5. The summed E-state index contributed by atoms with van der Waals surface area (Å²) in [4.78, 5) is 24.9. The van der Waals surface area contributed by atoms with Crippen LogP contribution in [0, 0.1) is 5.82 Å². The summed E-state index contributed by atoms with van der Waals surface area (Å²) in [5.74, 6) is 0.922. The maximum absolute atomic E-state index is 15.6. The quantitative estimate of drug-likeness (QED) is 0.364. The van der Waals surface area contributed by atoms with Crippen LogP contribution in [0.3, 0.4) is 0 Å². The number of hydrogen-bond donors (Lipinski definition) is 1. The van der Waals surface area contributed by atoms with Crippen molar-refractivity contribution in [2.75, 3.05) is 45.3 Å². The van der Waals surface area contributed by atoms with Crippen molar-refractivity contribution in [3.05, 3.63) is 71.9 Å². The SMILES string of the molecule is COc1ccncc1-c1cc(C(C)C)c(F)c2[nH]c(C(=O)N3CCN(c4ccccc4OC)CC3)cc12.[HH]. The van der Waals surface area contributed by atoms with E-state index in [9.17, 15) is 4.79 Å². The van der Waals surface area contributed by atoms with Crippen molar-refractivity contribution in [2.45, 2.75) is 19.8 Å². The number of anilines is 1. The van der Waals surface area contributed by atoms with Gasteiger partial charge in [0.1, 0.15) is 17.2 Å². The van der Waals surface area contributed by atoms with Crippen molar-refractivity contribution in [2.24, 2.45) is 0 Å². The lowest BCUT2D eigenvalue weighted by Gasteiger charge is -2.36. The molecule has 194 valence electrons. The predicted molar refractivity (Wildman–Crippen MR) is 145 cm³/mol. The van der Waals surface area contributed by atoms with Gasteiger partial charge in [-0.25, -0.2) is 4.39 Å². The molecule has 0 radical (unpaired) electrons. The number of H-pyrrole nitrogens is 1. The second kappa shape index (κ2) is 10.1. The van der Waals surface area contributed by atoms with E-state index in [4.69, 9.17) is 9.47 Å². The fourth-order valence-electron chi connectivity index (χ4n) is 5.01. The van der Waals surface area contributed by atoms with Gasteiger partial charge in [0.25, 0.3) is 5.91 Å². The van der Waals surface area contributed by atoms with Gasteiger partial charge in [-0.1, -0.05) is 26.0 Å². The molecular weight excluding hydrogens is 471 g/mol. The minimum atomic E-state index is -0.336. The lowest BCUT2D eigenvalue weighted by Crippen LogP contribution is -2.49. The Labute approximate surface area is 217 Å². The van der Waals surface area contributed by atoms with Crippen LogP contribution >= 0.6 is 0 Å². The summed E-state index contributed by atoms with van der Waals surface area (Å²) in [7, 11) is 3.26. The van der Waals surface area contributed by atoms with Crippen LogP contribution < -0.4 is 14.4 Å². The van der Waals surface area contributed by atoms with Crippen molar-refractivity contribution >= 4 is 22.5 Å². The maximum atomic E-state index is 15.6. The third-order valence-electron chi connectivity index (χ3n) is 7.02. The van der Waals surface area contributed by atoms with Crippen LogP contribution in [0.4, 0.5) is 10.1 Å². The van der Waals surface area contributed by atoms with Crippen molar-refractivity contribution in [1.29, 1.82) is 0 Å². The van der Waals surface area contributed by atoms with Gasteiger partial charge in [-0.3, -0.25) is 9.78 Å². The van der Waals surface area contributed by atoms with Crippen LogP contribution in [-0.4, -0.2) is 61.2 Å². The molecule has 8 heteroatoms. The molecule has 0 unspecified atom stereocenters. The monoisotopic (exact) mass is 504 g/mol. The van der Waals surface area contributed by atoms with Crippen LogP contribution in [0.15, 0.2) is 54.9 Å². The van der Waals surface area contributed by atoms with Gasteiger partial charge >= 0.3 is 0 Å². The molecule has 1 saturated heterocycles. The van der Waals surface area contributed by atoms with E-state index in [1.54, 1.807) is 38.7 Å². The smallest absolute Gasteiger partial charge is 0.270 e. The highest BCUT2D eigenvalue weighted by atomic mass is 19.1. The van der Waals surface area contributed by atoms with Gasteiger partial charge in [0.15, 0.2) is 5.82 Å². The van der Waals surface area contributed by atoms with E-state index in [0.717, 1.165) is 22.6 Å². The lowest BCUT2D eigenvalue weighted by molar-refractivity contribution is 0.0741. The number of rotatable bonds is 6. The van der Waals surface area contributed by atoms with Crippen LogP contribution in [0.25, 0.3) is 22.0 Å². The van der Waals surface area contributed by atoms with Gasteiger partial charge < -0.3 is 24.3 Å². The normalized spacial score (nSPS) is 13.9. The summed E-state index contributed by atoms with van der Waals surface area (Å²) in [6.07, 6.45) is 3.37. The Morgan fingerprint density at radius 2 is 1.76 bits per heavy atom. The largest absolute Gasteiger partial charge is 0.496 e. The molecule has 37 heavy (non-hydrogen) atoms. The van der Waals surface area contributed by atoms with Gasteiger partial charge in [0, 0.05) is 50.9 Å². The molecule has 7 nitrogen and oxygen atoms in total. The molecule has 2 aromatic heterocycles. The number of piperazine rings is 1. The first-order valence-electron chi connectivity index (χ1n) is 12.4. The third-order valence-corrected chi connectivity index (χ3v) is 7.02. The molecule has 4 aromatic rings. The Kier molecular flexibility index (Phi) is 6.74. The van der Waals surface area contributed by atoms with E-state index < -0.39 is 0 Å². The second-order valence-corrected chi connectivity index (χ2v) is 9.48. The van der Waals surface area contributed by atoms with Crippen LogP contribution in [-0.2, 0) is 0 Å². The number of nitrogens with zero attached hydrogens (tertiary/aromatic N) is 3. The second-order valence-electron chi connectivity index (χ2n) is 9.48. The summed E-state index contributed by atoms with van der Waals surface area (Å²) in [5, 5.41) is 0.629. The number of aromatic amines is 1. The average Bonchev–Trinajstić information content (AvgIpc) is 3.39. The zero-order valence-corrected chi connectivity index (χ0v) is 21.5. The van der Waals surface area contributed by atoms with E-state index in [1.165, 1.54) is 0 Å². The van der Waals surface area contributed by atoms with Gasteiger partial charge in [-0.2, -0.15) is 0 Å². The number of amides is 1. The number of pyridine rings is 1. The number of fused-ring (bicyclic) bond motifs is 1. The summed E-state index contributed by atoms with van der Waals surface area (Å²) in [6, 6.07) is 13.3. The molecule has 0 aliphatic carbocycles. The fraction of sp³-hybridized carbons (Fsp3) is 0.310. The lowest BCUT2D eigenvalue weighted by atomic mass is 9.94. The molecule has 0 spiro atoms. The summed E-state index contributed by atoms with van der Waals surface area (Å²) in [6.45, 7) is 6.35. The van der Waals surface area contributed by atoms with Gasteiger partial charge in [-0.15, -0.1) is 0 Å². The van der Waals surface area contributed by atoms with Gasteiger partial charge in [-0.05, 0) is 47.4 Å². The number of methoxy groups -OCH3 is 2. The van der Waals surface area contributed by atoms with Crippen molar-refractivity contribution in [1.82, 2.24) is 14.9 Å². The molecule has 2 aromatic carbocycles. The van der Waals surface area contributed by atoms with Crippen LogP contribution in [0.1, 0.15) is 37.2 Å². The van der Waals surface area contributed by atoms with Crippen molar-refractivity contribution in [3.63, 3.8) is 0 Å². The predicted octanol–water partition coefficient (Wildman–Crippen LogP) is 5.72. The fourth-order valence-corrected chi connectivity index (χ4v) is 5.01. The number of hydrogen-bond acceptors (Lipinski definition) is 5. The van der Waals surface area contributed by atoms with Crippen LogP contribution in [0.2, 0.25) is 0 Å². The molecule has 1 aliphatic rings. The minimum absolute atomic E-state index is 0. The zero-order chi connectivity index (χ0) is 26.1. The van der Waals surface area contributed by atoms with E-state index >= 15 is 4.39 Å². The average molecular weight is 505 g/mol. The first-order valence-corrected chi connectivity index (χ1v) is 12.4. The number of aromatic nitrogens is 2. The first kappa shape index (κ1) is 24.6. The number of nitrogens with one attached hydrogen (secondary N) is 1. The summed E-state index contributed by atoms with van der Waals surface area (Å²) >= 11 is 0.